The number of thiophene rings is 1. The molecule has 142 valence electrons. The van der Waals surface area contributed by atoms with E-state index in [9.17, 15) is 9.18 Å². The minimum Gasteiger partial charge on any atom is -0.351 e. The second-order valence-corrected chi connectivity index (χ2v) is 7.81. The van der Waals surface area contributed by atoms with Crippen LogP contribution in [-0.2, 0) is 24.3 Å². The van der Waals surface area contributed by atoms with Crippen molar-refractivity contribution in [2.24, 2.45) is 0 Å². The summed E-state index contributed by atoms with van der Waals surface area (Å²) >= 11 is 1.64. The summed E-state index contributed by atoms with van der Waals surface area (Å²) < 4.78 is 15.3. The average Bonchev–Trinajstić information content (AvgIpc) is 3.35. The van der Waals surface area contributed by atoms with Crippen molar-refractivity contribution in [2.45, 2.75) is 25.9 Å². The number of nitrogens with one attached hydrogen (secondary N) is 1. The minimum absolute atomic E-state index is 0.0590. The maximum atomic E-state index is 13.2. The molecular formula is C23H21FN2OS. The van der Waals surface area contributed by atoms with Crippen LogP contribution in [0.5, 0.6) is 0 Å². The number of hydrogen-bond acceptors (Lipinski definition) is 2. The summed E-state index contributed by atoms with van der Waals surface area (Å²) in [5.41, 5.74) is 3.33. The molecule has 3 nitrogen and oxygen atoms in total. The SMILES string of the molecule is O=C(CCc1cn(Cc2ccc(F)cc2)c2ccccc12)NCc1cccs1. The van der Waals surface area contributed by atoms with Crippen LogP contribution in [0.25, 0.3) is 10.9 Å². The van der Waals surface area contributed by atoms with Crippen LogP contribution in [0, 0.1) is 5.82 Å². The Balaban J connectivity index is 1.46. The van der Waals surface area contributed by atoms with Gasteiger partial charge in [0.2, 0.25) is 5.91 Å². The van der Waals surface area contributed by atoms with Gasteiger partial charge >= 0.3 is 0 Å². The number of rotatable bonds is 7. The monoisotopic (exact) mass is 392 g/mol. The van der Waals surface area contributed by atoms with Crippen molar-refractivity contribution in [3.63, 3.8) is 0 Å². The van der Waals surface area contributed by atoms with Crippen molar-refractivity contribution < 1.29 is 9.18 Å². The molecule has 4 rings (SSSR count). The number of fused-ring (bicyclic) bond motifs is 1. The van der Waals surface area contributed by atoms with Gasteiger partial charge < -0.3 is 9.88 Å². The molecule has 0 atom stereocenters. The fourth-order valence-electron chi connectivity index (χ4n) is 3.37. The van der Waals surface area contributed by atoms with Crippen molar-refractivity contribution in [1.29, 1.82) is 0 Å². The van der Waals surface area contributed by atoms with Crippen molar-refractivity contribution in [1.82, 2.24) is 9.88 Å². The van der Waals surface area contributed by atoms with Crippen molar-refractivity contribution >= 4 is 28.1 Å². The fraction of sp³-hybridized carbons (Fsp3) is 0.174. The highest BCUT2D eigenvalue weighted by Gasteiger charge is 2.11. The summed E-state index contributed by atoms with van der Waals surface area (Å²) in [5.74, 6) is -0.167. The number of para-hydroxylation sites is 1. The van der Waals surface area contributed by atoms with Crippen LogP contribution in [0.2, 0.25) is 0 Å². The van der Waals surface area contributed by atoms with Crippen molar-refractivity contribution in [3.05, 3.63) is 94.1 Å². The standard InChI is InChI=1S/C23H21FN2OS/c24-19-10-7-17(8-11-19)15-26-16-18(21-5-1-2-6-22(21)26)9-12-23(27)25-14-20-4-3-13-28-20/h1-8,10-11,13,16H,9,12,14-15H2,(H,25,27). The van der Waals surface area contributed by atoms with E-state index < -0.39 is 0 Å². The van der Waals surface area contributed by atoms with Crippen molar-refractivity contribution in [2.75, 3.05) is 0 Å². The van der Waals surface area contributed by atoms with E-state index in [1.54, 1.807) is 11.3 Å². The lowest BCUT2D eigenvalue weighted by atomic mass is 10.1. The molecule has 0 saturated carbocycles. The van der Waals surface area contributed by atoms with Crippen LogP contribution in [0.15, 0.2) is 72.2 Å². The van der Waals surface area contributed by atoms with E-state index in [1.807, 2.05) is 41.8 Å². The number of benzene rings is 2. The molecule has 0 radical (unpaired) electrons. The van der Waals surface area contributed by atoms with Gasteiger partial charge in [0.15, 0.2) is 0 Å². The zero-order chi connectivity index (χ0) is 19.3. The molecule has 0 aliphatic heterocycles. The highest BCUT2D eigenvalue weighted by molar-refractivity contribution is 7.09. The molecule has 28 heavy (non-hydrogen) atoms. The second kappa shape index (κ2) is 8.40. The molecule has 4 aromatic rings. The van der Waals surface area contributed by atoms with E-state index in [2.05, 4.69) is 28.2 Å². The van der Waals surface area contributed by atoms with Gasteiger partial charge in [-0.2, -0.15) is 0 Å². The number of halogens is 1. The molecule has 0 saturated heterocycles. The first-order chi connectivity index (χ1) is 13.7. The van der Waals surface area contributed by atoms with Gasteiger partial charge in [-0.25, -0.2) is 4.39 Å². The maximum Gasteiger partial charge on any atom is 0.220 e. The Hall–Kier alpha value is -2.92. The predicted molar refractivity (Wildman–Crippen MR) is 112 cm³/mol. The molecule has 2 aromatic carbocycles. The molecule has 0 spiro atoms. The lowest BCUT2D eigenvalue weighted by Crippen LogP contribution is -2.22. The average molecular weight is 392 g/mol. The number of hydrogen-bond donors (Lipinski definition) is 1. The van der Waals surface area contributed by atoms with Gasteiger partial charge in [-0.05, 0) is 47.2 Å². The first-order valence-electron chi connectivity index (χ1n) is 9.29. The number of nitrogens with zero attached hydrogens (tertiary/aromatic N) is 1. The van der Waals surface area contributed by atoms with Crippen LogP contribution in [0.3, 0.4) is 0 Å². The lowest BCUT2D eigenvalue weighted by molar-refractivity contribution is -0.121. The molecule has 0 aliphatic rings. The van der Waals surface area contributed by atoms with E-state index >= 15 is 0 Å². The minimum atomic E-state index is -0.227. The molecule has 0 unspecified atom stereocenters. The third kappa shape index (κ3) is 4.31. The first-order valence-corrected chi connectivity index (χ1v) is 10.2. The van der Waals surface area contributed by atoms with E-state index in [0.29, 0.717) is 25.9 Å². The molecule has 1 amide bonds. The summed E-state index contributed by atoms with van der Waals surface area (Å²) in [4.78, 5) is 13.4. The molecule has 2 heterocycles. The zero-order valence-electron chi connectivity index (χ0n) is 15.4. The van der Waals surface area contributed by atoms with Gasteiger partial charge in [0.1, 0.15) is 5.82 Å². The van der Waals surface area contributed by atoms with Crippen LogP contribution in [0.4, 0.5) is 4.39 Å². The quantitative estimate of drug-likeness (QED) is 0.464. The van der Waals surface area contributed by atoms with E-state index in [4.69, 9.17) is 0 Å². The van der Waals surface area contributed by atoms with Gasteiger partial charge in [0, 0.05) is 34.9 Å². The zero-order valence-corrected chi connectivity index (χ0v) is 16.2. The number of carbonyl (C=O) groups excluding carboxylic acids is 1. The smallest absolute Gasteiger partial charge is 0.220 e. The first kappa shape index (κ1) is 18.4. The van der Waals surface area contributed by atoms with Crippen LogP contribution >= 0.6 is 11.3 Å². The Morgan fingerprint density at radius 3 is 2.64 bits per heavy atom. The fourth-order valence-corrected chi connectivity index (χ4v) is 4.02. The molecule has 5 heteroatoms. The molecular weight excluding hydrogens is 371 g/mol. The second-order valence-electron chi connectivity index (χ2n) is 6.78. The Kier molecular flexibility index (Phi) is 5.53. The lowest BCUT2D eigenvalue weighted by Gasteiger charge is -2.05. The summed E-state index contributed by atoms with van der Waals surface area (Å²) in [6.45, 7) is 1.26. The van der Waals surface area contributed by atoms with E-state index in [-0.39, 0.29) is 11.7 Å². The van der Waals surface area contributed by atoms with Crippen LogP contribution in [-0.4, -0.2) is 10.5 Å². The summed E-state index contributed by atoms with van der Waals surface area (Å²) in [6, 6.07) is 18.8. The Morgan fingerprint density at radius 1 is 1.04 bits per heavy atom. The highest BCUT2D eigenvalue weighted by Crippen LogP contribution is 2.23. The predicted octanol–water partition coefficient (Wildman–Crippen LogP) is 5.14. The highest BCUT2D eigenvalue weighted by atomic mass is 32.1. The Morgan fingerprint density at radius 2 is 1.86 bits per heavy atom. The van der Waals surface area contributed by atoms with Crippen LogP contribution in [0.1, 0.15) is 22.4 Å². The van der Waals surface area contributed by atoms with Gasteiger partial charge in [-0.15, -0.1) is 11.3 Å². The normalized spacial score (nSPS) is 11.0. The molecule has 1 N–H and O–H groups in total. The third-order valence-electron chi connectivity index (χ3n) is 4.80. The maximum absolute atomic E-state index is 13.2. The number of aromatic nitrogens is 1. The van der Waals surface area contributed by atoms with E-state index in [0.717, 1.165) is 26.9 Å². The molecule has 2 aromatic heterocycles. The number of aryl methyl sites for hydroxylation is 1. The largest absolute Gasteiger partial charge is 0.351 e. The topological polar surface area (TPSA) is 34.0 Å². The molecule has 0 bridgehead atoms. The van der Waals surface area contributed by atoms with Crippen LogP contribution < -0.4 is 5.32 Å². The Bertz CT molecular complexity index is 1070. The summed E-state index contributed by atoms with van der Waals surface area (Å²) in [5, 5.41) is 6.16. The summed E-state index contributed by atoms with van der Waals surface area (Å²) in [6.07, 6.45) is 3.25. The van der Waals surface area contributed by atoms with E-state index in [1.165, 1.54) is 12.1 Å². The molecule has 0 aliphatic carbocycles. The van der Waals surface area contributed by atoms with Gasteiger partial charge in [-0.3, -0.25) is 4.79 Å². The van der Waals surface area contributed by atoms with Crippen molar-refractivity contribution in [3.8, 4) is 0 Å². The van der Waals surface area contributed by atoms with Gasteiger partial charge in [-0.1, -0.05) is 36.4 Å². The summed E-state index contributed by atoms with van der Waals surface area (Å²) in [7, 11) is 0. The third-order valence-corrected chi connectivity index (χ3v) is 5.67. The number of amides is 1. The van der Waals surface area contributed by atoms with Gasteiger partial charge in [0.05, 0.1) is 6.54 Å². The van der Waals surface area contributed by atoms with Gasteiger partial charge in [0.25, 0.3) is 0 Å². The number of carbonyl (C=O) groups is 1. The molecule has 0 fully saturated rings. The Labute approximate surface area is 167 Å².